The molecule has 0 spiro atoms. The predicted octanol–water partition coefficient (Wildman–Crippen LogP) is 1.30. The van der Waals surface area contributed by atoms with Crippen molar-refractivity contribution < 1.29 is 14.6 Å². The largest absolute Gasteiger partial charge is 0.389 e. The summed E-state index contributed by atoms with van der Waals surface area (Å²) in [5.41, 5.74) is 0.532. The van der Waals surface area contributed by atoms with Gasteiger partial charge < -0.3 is 14.7 Å². The van der Waals surface area contributed by atoms with Crippen LogP contribution in [0.15, 0.2) is 24.3 Å². The van der Waals surface area contributed by atoms with Crippen molar-refractivity contribution in [2.24, 2.45) is 0 Å². The van der Waals surface area contributed by atoms with Crippen LogP contribution in [-0.2, 0) is 14.9 Å². The second-order valence-corrected chi connectivity index (χ2v) is 5.61. The summed E-state index contributed by atoms with van der Waals surface area (Å²) in [7, 11) is 3.15. The number of carbonyl (C=O) groups excluding carboxylic acids is 1. The molecule has 0 heterocycles. The molecule has 0 aliphatic heterocycles. The van der Waals surface area contributed by atoms with Gasteiger partial charge in [-0.2, -0.15) is 5.26 Å². The molecule has 5 heteroatoms. The highest BCUT2D eigenvalue weighted by Gasteiger charge is 2.33. The first-order chi connectivity index (χ1) is 9.82. The minimum absolute atomic E-state index is 0.118. The lowest BCUT2D eigenvalue weighted by atomic mass is 9.82. The third-order valence-electron chi connectivity index (χ3n) is 3.44. The summed E-state index contributed by atoms with van der Waals surface area (Å²) < 4.78 is 4.86. The SMILES string of the molecule is COCC(O)CN(C)C(=O)C(C)(C)c1cccc(C#N)c1. The van der Waals surface area contributed by atoms with Gasteiger partial charge in [-0.3, -0.25) is 4.79 Å². The van der Waals surface area contributed by atoms with Crippen molar-refractivity contribution in [1.29, 1.82) is 5.26 Å². The molecule has 0 aliphatic carbocycles. The van der Waals surface area contributed by atoms with Gasteiger partial charge in [0.2, 0.25) is 5.91 Å². The molecule has 1 N–H and O–H groups in total. The summed E-state index contributed by atoms with van der Waals surface area (Å²) in [6.45, 7) is 4.01. The van der Waals surface area contributed by atoms with E-state index in [1.54, 1.807) is 25.2 Å². The average molecular weight is 290 g/mol. The molecule has 0 radical (unpaired) electrons. The van der Waals surface area contributed by atoms with Crippen molar-refractivity contribution in [3.8, 4) is 6.07 Å². The van der Waals surface area contributed by atoms with Crippen LogP contribution in [0.3, 0.4) is 0 Å². The normalized spacial score (nSPS) is 12.6. The van der Waals surface area contributed by atoms with Crippen molar-refractivity contribution in [2.75, 3.05) is 27.3 Å². The van der Waals surface area contributed by atoms with Gasteiger partial charge >= 0.3 is 0 Å². The Hall–Kier alpha value is -1.90. The molecule has 1 amide bonds. The van der Waals surface area contributed by atoms with Crippen LogP contribution in [0.25, 0.3) is 0 Å². The first-order valence-electron chi connectivity index (χ1n) is 6.76. The van der Waals surface area contributed by atoms with Crippen LogP contribution in [0.1, 0.15) is 25.0 Å². The van der Waals surface area contributed by atoms with Crippen LogP contribution in [0.2, 0.25) is 0 Å². The molecule has 0 aliphatic rings. The van der Waals surface area contributed by atoms with E-state index < -0.39 is 11.5 Å². The van der Waals surface area contributed by atoms with Crippen molar-refractivity contribution in [3.63, 3.8) is 0 Å². The van der Waals surface area contributed by atoms with Crippen LogP contribution < -0.4 is 0 Å². The molecule has 1 aromatic carbocycles. The van der Waals surface area contributed by atoms with E-state index in [1.807, 2.05) is 19.9 Å². The molecular formula is C16H22N2O3. The Morgan fingerprint density at radius 1 is 1.52 bits per heavy atom. The van der Waals surface area contributed by atoms with Gasteiger partial charge in [0.1, 0.15) is 0 Å². The molecule has 0 fully saturated rings. The summed E-state index contributed by atoms with van der Waals surface area (Å²) in [6, 6.07) is 9.10. The molecular weight excluding hydrogens is 268 g/mol. The first-order valence-corrected chi connectivity index (χ1v) is 6.76. The van der Waals surface area contributed by atoms with Gasteiger partial charge in [-0.25, -0.2) is 0 Å². The van der Waals surface area contributed by atoms with Gasteiger partial charge in [0.05, 0.1) is 29.8 Å². The Bertz CT molecular complexity index is 535. The van der Waals surface area contributed by atoms with Crippen LogP contribution >= 0.6 is 0 Å². The Labute approximate surface area is 125 Å². The fourth-order valence-electron chi connectivity index (χ4n) is 2.22. The highest BCUT2D eigenvalue weighted by Crippen LogP contribution is 2.26. The topological polar surface area (TPSA) is 73.6 Å². The number of benzene rings is 1. The summed E-state index contributed by atoms with van der Waals surface area (Å²) in [6.07, 6.45) is -0.717. The number of hydrogen-bond donors (Lipinski definition) is 1. The fraction of sp³-hybridized carbons (Fsp3) is 0.500. The van der Waals surface area contributed by atoms with Gasteiger partial charge in [-0.1, -0.05) is 12.1 Å². The van der Waals surface area contributed by atoms with Gasteiger partial charge in [-0.05, 0) is 31.5 Å². The first kappa shape index (κ1) is 17.2. The molecule has 1 aromatic rings. The standard InChI is InChI=1S/C16H22N2O3/c1-16(2,13-7-5-6-12(8-13)9-17)15(20)18(3)10-14(19)11-21-4/h5-8,14,19H,10-11H2,1-4H3. The van der Waals surface area contributed by atoms with Crippen LogP contribution in [0.5, 0.6) is 0 Å². The number of aliphatic hydroxyl groups excluding tert-OH is 1. The number of ether oxygens (including phenoxy) is 1. The van der Waals surface area contributed by atoms with Crippen molar-refractivity contribution >= 4 is 5.91 Å². The van der Waals surface area contributed by atoms with Crippen molar-refractivity contribution in [1.82, 2.24) is 4.90 Å². The Morgan fingerprint density at radius 3 is 2.76 bits per heavy atom. The lowest BCUT2D eigenvalue weighted by Gasteiger charge is -2.31. The fourth-order valence-corrected chi connectivity index (χ4v) is 2.22. The van der Waals surface area contributed by atoms with E-state index in [1.165, 1.54) is 12.0 Å². The number of carbonyl (C=O) groups is 1. The van der Waals surface area contributed by atoms with E-state index in [0.717, 1.165) is 5.56 Å². The molecule has 5 nitrogen and oxygen atoms in total. The van der Waals surface area contributed by atoms with Gasteiger partial charge in [0.15, 0.2) is 0 Å². The summed E-state index contributed by atoms with van der Waals surface area (Å²) in [4.78, 5) is 14.1. The van der Waals surface area contributed by atoms with E-state index in [2.05, 4.69) is 6.07 Å². The number of likely N-dealkylation sites (N-methyl/N-ethyl adjacent to an activating group) is 1. The van der Waals surface area contributed by atoms with E-state index in [9.17, 15) is 9.90 Å². The third-order valence-corrected chi connectivity index (χ3v) is 3.44. The second kappa shape index (κ2) is 7.21. The summed E-state index contributed by atoms with van der Waals surface area (Å²) >= 11 is 0. The molecule has 21 heavy (non-hydrogen) atoms. The quantitative estimate of drug-likeness (QED) is 0.857. The molecule has 114 valence electrons. The second-order valence-electron chi connectivity index (χ2n) is 5.61. The number of nitriles is 1. The molecule has 0 saturated heterocycles. The number of aliphatic hydroxyl groups is 1. The zero-order valence-corrected chi connectivity index (χ0v) is 13.0. The maximum atomic E-state index is 12.6. The molecule has 1 rings (SSSR count). The van der Waals surface area contributed by atoms with Crippen LogP contribution in [-0.4, -0.2) is 49.3 Å². The van der Waals surface area contributed by atoms with Crippen molar-refractivity contribution in [2.45, 2.75) is 25.4 Å². The lowest BCUT2D eigenvalue weighted by molar-refractivity contribution is -0.136. The van der Waals surface area contributed by atoms with Crippen molar-refractivity contribution in [3.05, 3.63) is 35.4 Å². The Balaban J connectivity index is 2.90. The zero-order valence-electron chi connectivity index (χ0n) is 13.0. The van der Waals surface area contributed by atoms with Crippen LogP contribution in [0.4, 0.5) is 0 Å². The number of nitrogens with zero attached hydrogens (tertiary/aromatic N) is 2. The highest BCUT2D eigenvalue weighted by molar-refractivity contribution is 5.87. The zero-order chi connectivity index (χ0) is 16.0. The van der Waals surface area contributed by atoms with E-state index in [-0.39, 0.29) is 19.1 Å². The highest BCUT2D eigenvalue weighted by atomic mass is 16.5. The maximum absolute atomic E-state index is 12.6. The van der Waals surface area contributed by atoms with E-state index >= 15 is 0 Å². The maximum Gasteiger partial charge on any atom is 0.232 e. The molecule has 0 saturated carbocycles. The number of rotatable bonds is 6. The molecule has 0 bridgehead atoms. The lowest BCUT2D eigenvalue weighted by Crippen LogP contribution is -2.45. The minimum Gasteiger partial charge on any atom is -0.389 e. The number of hydrogen-bond acceptors (Lipinski definition) is 4. The van der Waals surface area contributed by atoms with Crippen LogP contribution in [0, 0.1) is 11.3 Å². The average Bonchev–Trinajstić information content (AvgIpc) is 2.46. The Kier molecular flexibility index (Phi) is 5.89. The third kappa shape index (κ3) is 4.28. The summed E-state index contributed by atoms with van der Waals surface area (Å²) in [5.74, 6) is -0.118. The van der Waals surface area contributed by atoms with Gasteiger partial charge in [-0.15, -0.1) is 0 Å². The van der Waals surface area contributed by atoms with E-state index in [0.29, 0.717) is 5.56 Å². The van der Waals surface area contributed by atoms with Gasteiger partial charge in [0, 0.05) is 20.7 Å². The smallest absolute Gasteiger partial charge is 0.232 e. The van der Waals surface area contributed by atoms with Gasteiger partial charge in [0.25, 0.3) is 0 Å². The predicted molar refractivity (Wildman–Crippen MR) is 79.7 cm³/mol. The number of amides is 1. The molecule has 0 aromatic heterocycles. The monoisotopic (exact) mass is 290 g/mol. The van der Waals surface area contributed by atoms with E-state index in [4.69, 9.17) is 10.00 Å². The minimum atomic E-state index is -0.769. The molecule has 1 atom stereocenters. The Morgan fingerprint density at radius 2 is 2.19 bits per heavy atom. The molecule has 1 unspecified atom stereocenters. The summed E-state index contributed by atoms with van der Waals surface area (Å²) in [5, 5.41) is 18.7. The number of methoxy groups -OCH3 is 1.